The summed E-state index contributed by atoms with van der Waals surface area (Å²) in [6.07, 6.45) is 1.05. The average Bonchev–Trinajstić information content (AvgIpc) is 2.59. The van der Waals surface area contributed by atoms with E-state index in [0.717, 1.165) is 22.8 Å². The van der Waals surface area contributed by atoms with Crippen LogP contribution in [0.3, 0.4) is 0 Å². The first-order valence-electron chi connectivity index (χ1n) is 8.08. The maximum absolute atomic E-state index is 12.4. The number of rotatable bonds is 8. The van der Waals surface area contributed by atoms with E-state index in [9.17, 15) is 9.59 Å². The molecule has 0 heterocycles. The van der Waals surface area contributed by atoms with Crippen LogP contribution >= 0.6 is 0 Å². The molecule has 0 aliphatic heterocycles. The van der Waals surface area contributed by atoms with Gasteiger partial charge in [0.15, 0.2) is 0 Å². The Kier molecular flexibility index (Phi) is 6.75. The zero-order valence-electron chi connectivity index (χ0n) is 14.2. The summed E-state index contributed by atoms with van der Waals surface area (Å²) >= 11 is 0. The number of hydrogen-bond donors (Lipinski definition) is 1. The van der Waals surface area contributed by atoms with E-state index >= 15 is 0 Å². The van der Waals surface area contributed by atoms with Gasteiger partial charge in [0, 0.05) is 27.3 Å². The van der Waals surface area contributed by atoms with Gasteiger partial charge in [-0.2, -0.15) is 0 Å². The average molecular weight is 328 g/mol. The predicted octanol–water partition coefficient (Wildman–Crippen LogP) is 1.99. The van der Waals surface area contributed by atoms with Gasteiger partial charge in [-0.1, -0.05) is 42.5 Å². The second-order valence-corrected chi connectivity index (χ2v) is 5.76. The Balaban J connectivity index is 1.90. The number of benzene rings is 2. The largest absolute Gasteiger partial charge is 0.385 e. The number of carbonyl (C=O) groups is 2. The summed E-state index contributed by atoms with van der Waals surface area (Å²) in [7, 11) is 3.28. The Morgan fingerprint density at radius 1 is 1.12 bits per heavy atom. The monoisotopic (exact) mass is 328 g/mol. The topological polar surface area (TPSA) is 58.6 Å². The molecule has 0 spiro atoms. The van der Waals surface area contributed by atoms with Gasteiger partial charge in [-0.05, 0) is 22.8 Å². The molecule has 0 radical (unpaired) electrons. The lowest BCUT2D eigenvalue weighted by molar-refractivity contribution is -0.134. The van der Waals surface area contributed by atoms with Gasteiger partial charge >= 0.3 is 0 Å². The van der Waals surface area contributed by atoms with Crippen LogP contribution in [0.5, 0.6) is 0 Å². The van der Waals surface area contributed by atoms with Gasteiger partial charge in [0.2, 0.25) is 11.8 Å². The number of fused-ring (bicyclic) bond motifs is 1. The van der Waals surface area contributed by atoms with Gasteiger partial charge in [0.05, 0.1) is 13.0 Å². The molecular weight excluding hydrogens is 304 g/mol. The summed E-state index contributed by atoms with van der Waals surface area (Å²) in [5.74, 6) is -0.224. The highest BCUT2D eigenvalue weighted by Crippen LogP contribution is 2.19. The van der Waals surface area contributed by atoms with Crippen molar-refractivity contribution in [3.8, 4) is 0 Å². The SMILES string of the molecule is COCCCNC(=O)CN(C)C(=O)Cc1cccc2ccccc12. The lowest BCUT2D eigenvalue weighted by Gasteiger charge is -2.17. The number of ether oxygens (including phenoxy) is 1. The van der Waals surface area contributed by atoms with Crippen LogP contribution in [0.15, 0.2) is 42.5 Å². The van der Waals surface area contributed by atoms with Crippen LogP contribution in [0.2, 0.25) is 0 Å². The van der Waals surface area contributed by atoms with Crippen LogP contribution < -0.4 is 5.32 Å². The summed E-state index contributed by atoms with van der Waals surface area (Å²) in [5.41, 5.74) is 0.977. The lowest BCUT2D eigenvalue weighted by Crippen LogP contribution is -2.39. The molecule has 0 aliphatic carbocycles. The van der Waals surface area contributed by atoms with Gasteiger partial charge < -0.3 is 15.0 Å². The van der Waals surface area contributed by atoms with E-state index in [1.54, 1.807) is 14.2 Å². The van der Waals surface area contributed by atoms with Crippen molar-refractivity contribution in [2.75, 3.05) is 33.9 Å². The molecule has 1 N–H and O–H groups in total. The molecule has 2 aromatic rings. The third-order valence-electron chi connectivity index (χ3n) is 3.88. The summed E-state index contributed by atoms with van der Waals surface area (Å²) in [5, 5.41) is 4.97. The van der Waals surface area contributed by atoms with Crippen molar-refractivity contribution in [2.24, 2.45) is 0 Å². The Hall–Kier alpha value is -2.40. The Bertz CT molecular complexity index is 695. The highest BCUT2D eigenvalue weighted by Gasteiger charge is 2.14. The van der Waals surface area contributed by atoms with E-state index < -0.39 is 0 Å². The minimum absolute atomic E-state index is 0.0661. The number of methoxy groups -OCH3 is 1. The molecule has 5 heteroatoms. The van der Waals surface area contributed by atoms with Gasteiger partial charge in [-0.3, -0.25) is 9.59 Å². The molecular formula is C19H24N2O3. The predicted molar refractivity (Wildman–Crippen MR) is 94.8 cm³/mol. The molecule has 0 bridgehead atoms. The molecule has 24 heavy (non-hydrogen) atoms. The molecule has 0 fully saturated rings. The van der Waals surface area contributed by atoms with Crippen molar-refractivity contribution in [1.82, 2.24) is 10.2 Å². The fourth-order valence-corrected chi connectivity index (χ4v) is 2.55. The number of carbonyl (C=O) groups excluding carboxylic acids is 2. The third kappa shape index (κ3) is 5.06. The molecule has 2 amide bonds. The van der Waals surface area contributed by atoms with Crippen LogP contribution in [0.1, 0.15) is 12.0 Å². The van der Waals surface area contributed by atoms with Crippen molar-refractivity contribution in [1.29, 1.82) is 0 Å². The highest BCUT2D eigenvalue weighted by molar-refractivity contribution is 5.91. The summed E-state index contributed by atoms with van der Waals surface area (Å²) in [4.78, 5) is 25.7. The Labute approximate surface area is 142 Å². The zero-order valence-corrected chi connectivity index (χ0v) is 14.2. The molecule has 0 aromatic heterocycles. The van der Waals surface area contributed by atoms with Gasteiger partial charge in [0.1, 0.15) is 0 Å². The smallest absolute Gasteiger partial charge is 0.239 e. The fraction of sp³-hybridized carbons (Fsp3) is 0.368. The van der Waals surface area contributed by atoms with Crippen molar-refractivity contribution < 1.29 is 14.3 Å². The minimum atomic E-state index is -0.153. The van der Waals surface area contributed by atoms with Gasteiger partial charge in [-0.15, -0.1) is 0 Å². The van der Waals surface area contributed by atoms with Crippen LogP contribution in [0.4, 0.5) is 0 Å². The first kappa shape index (κ1) is 17.9. The number of nitrogens with zero attached hydrogens (tertiary/aromatic N) is 1. The zero-order chi connectivity index (χ0) is 17.4. The molecule has 128 valence electrons. The highest BCUT2D eigenvalue weighted by atomic mass is 16.5. The van der Waals surface area contributed by atoms with Gasteiger partial charge in [-0.25, -0.2) is 0 Å². The molecule has 5 nitrogen and oxygen atoms in total. The van der Waals surface area contributed by atoms with Crippen LogP contribution in [-0.2, 0) is 20.7 Å². The molecule has 0 saturated carbocycles. The quantitative estimate of drug-likeness (QED) is 0.754. The molecule has 0 unspecified atom stereocenters. The normalized spacial score (nSPS) is 10.6. The number of amides is 2. The standard InChI is InChI=1S/C19H24N2O3/c1-21(14-18(22)20-11-6-12-24-2)19(23)13-16-9-5-8-15-7-3-4-10-17(15)16/h3-5,7-10H,6,11-14H2,1-2H3,(H,20,22). The van der Waals surface area contributed by atoms with E-state index in [1.165, 1.54) is 4.90 Å². The van der Waals surface area contributed by atoms with Crippen molar-refractivity contribution in [3.63, 3.8) is 0 Å². The van der Waals surface area contributed by atoms with E-state index in [2.05, 4.69) is 5.32 Å². The van der Waals surface area contributed by atoms with Crippen molar-refractivity contribution in [3.05, 3.63) is 48.0 Å². The molecule has 2 rings (SSSR count). The summed E-state index contributed by atoms with van der Waals surface area (Å²) in [6, 6.07) is 13.9. The van der Waals surface area contributed by atoms with Crippen LogP contribution in [0.25, 0.3) is 10.8 Å². The Morgan fingerprint density at radius 3 is 2.67 bits per heavy atom. The molecule has 0 saturated heterocycles. The van der Waals surface area contributed by atoms with Gasteiger partial charge in [0.25, 0.3) is 0 Å². The number of nitrogens with one attached hydrogen (secondary N) is 1. The van der Waals surface area contributed by atoms with E-state index in [1.807, 2.05) is 42.5 Å². The van der Waals surface area contributed by atoms with E-state index in [-0.39, 0.29) is 24.8 Å². The van der Waals surface area contributed by atoms with Crippen LogP contribution in [0, 0.1) is 0 Å². The second-order valence-electron chi connectivity index (χ2n) is 5.76. The number of likely N-dealkylation sites (N-methyl/N-ethyl adjacent to an activating group) is 1. The molecule has 2 aromatic carbocycles. The molecule has 0 atom stereocenters. The molecule has 0 aliphatic rings. The van der Waals surface area contributed by atoms with Crippen LogP contribution in [-0.4, -0.2) is 50.6 Å². The minimum Gasteiger partial charge on any atom is -0.385 e. The third-order valence-corrected chi connectivity index (χ3v) is 3.88. The first-order chi connectivity index (χ1) is 11.6. The summed E-state index contributed by atoms with van der Waals surface area (Å²) < 4.78 is 4.93. The van der Waals surface area contributed by atoms with E-state index in [0.29, 0.717) is 13.2 Å². The Morgan fingerprint density at radius 2 is 1.88 bits per heavy atom. The van der Waals surface area contributed by atoms with E-state index in [4.69, 9.17) is 4.74 Å². The second kappa shape index (κ2) is 9.03. The maximum Gasteiger partial charge on any atom is 0.239 e. The van der Waals surface area contributed by atoms with Crippen molar-refractivity contribution >= 4 is 22.6 Å². The first-order valence-corrected chi connectivity index (χ1v) is 8.08. The maximum atomic E-state index is 12.4. The lowest BCUT2D eigenvalue weighted by atomic mass is 10.0. The van der Waals surface area contributed by atoms with Crippen molar-refractivity contribution in [2.45, 2.75) is 12.8 Å². The summed E-state index contributed by atoms with van der Waals surface area (Å²) in [6.45, 7) is 1.23. The fourth-order valence-electron chi connectivity index (χ4n) is 2.55. The number of hydrogen-bond acceptors (Lipinski definition) is 3.